The summed E-state index contributed by atoms with van der Waals surface area (Å²) in [5, 5.41) is 9.12. The summed E-state index contributed by atoms with van der Waals surface area (Å²) >= 11 is 0. The van der Waals surface area contributed by atoms with Crippen LogP contribution >= 0.6 is 0 Å². The second-order valence-electron chi connectivity index (χ2n) is 4.53. The van der Waals surface area contributed by atoms with Crippen molar-refractivity contribution in [3.05, 3.63) is 35.4 Å². The Morgan fingerprint density at radius 1 is 1.47 bits per heavy atom. The van der Waals surface area contributed by atoms with E-state index in [-0.39, 0.29) is 12.0 Å². The molecule has 0 spiro atoms. The van der Waals surface area contributed by atoms with Crippen molar-refractivity contribution in [3.63, 3.8) is 0 Å². The van der Waals surface area contributed by atoms with Gasteiger partial charge >= 0.3 is 5.97 Å². The third-order valence-electron chi connectivity index (χ3n) is 3.44. The number of carbonyl (C=O) groups is 1. The molecule has 0 unspecified atom stereocenters. The lowest BCUT2D eigenvalue weighted by molar-refractivity contribution is -0.140. The first-order valence-corrected chi connectivity index (χ1v) is 5.64. The van der Waals surface area contributed by atoms with Gasteiger partial charge in [0, 0.05) is 12.0 Å². The van der Waals surface area contributed by atoms with Crippen LogP contribution in [0.5, 0.6) is 0 Å². The maximum absolute atomic E-state index is 13.5. The van der Waals surface area contributed by atoms with E-state index >= 15 is 0 Å². The van der Waals surface area contributed by atoms with Crippen LogP contribution in [0.1, 0.15) is 37.3 Å². The molecule has 17 heavy (non-hydrogen) atoms. The molecule has 0 aliphatic heterocycles. The van der Waals surface area contributed by atoms with Gasteiger partial charge in [-0.15, -0.1) is 0 Å². The lowest BCUT2D eigenvalue weighted by Crippen LogP contribution is -2.20. The Morgan fingerprint density at radius 2 is 2.12 bits per heavy atom. The highest BCUT2D eigenvalue weighted by molar-refractivity contribution is 5.84. The smallest absolute Gasteiger partial charge is 0.314 e. The summed E-state index contributed by atoms with van der Waals surface area (Å²) in [5.74, 6) is -3.81. The Balaban J connectivity index is 2.39. The number of carboxylic acids is 1. The van der Waals surface area contributed by atoms with Gasteiger partial charge in [-0.25, -0.2) is 8.78 Å². The third-order valence-corrected chi connectivity index (χ3v) is 3.44. The summed E-state index contributed by atoms with van der Waals surface area (Å²) < 4.78 is 27.1. The Bertz CT molecular complexity index is 450. The fourth-order valence-electron chi connectivity index (χ4n) is 2.00. The van der Waals surface area contributed by atoms with Gasteiger partial charge in [-0.05, 0) is 24.5 Å². The molecule has 1 fully saturated rings. The van der Waals surface area contributed by atoms with E-state index in [1.54, 1.807) is 6.07 Å². The summed E-state index contributed by atoms with van der Waals surface area (Å²) in [6.07, 6.45) is 0.781. The average molecular weight is 240 g/mol. The van der Waals surface area contributed by atoms with Gasteiger partial charge in [-0.3, -0.25) is 4.79 Å². The topological polar surface area (TPSA) is 37.3 Å². The molecule has 0 amide bonds. The van der Waals surface area contributed by atoms with E-state index in [9.17, 15) is 13.6 Å². The van der Waals surface area contributed by atoms with Gasteiger partial charge in [0.15, 0.2) is 0 Å². The highest BCUT2D eigenvalue weighted by atomic mass is 19.3. The van der Waals surface area contributed by atoms with Gasteiger partial charge in [0.2, 0.25) is 0 Å². The molecular weight excluding hydrogens is 226 g/mol. The van der Waals surface area contributed by atoms with Crippen LogP contribution in [0.25, 0.3) is 0 Å². The van der Waals surface area contributed by atoms with Crippen molar-refractivity contribution in [2.24, 2.45) is 0 Å². The van der Waals surface area contributed by atoms with E-state index in [2.05, 4.69) is 0 Å². The van der Waals surface area contributed by atoms with Crippen molar-refractivity contribution >= 4 is 5.97 Å². The molecule has 4 heteroatoms. The molecule has 92 valence electrons. The van der Waals surface area contributed by atoms with E-state index in [0.717, 1.165) is 0 Å². The van der Waals surface area contributed by atoms with Crippen LogP contribution in [0.15, 0.2) is 24.3 Å². The van der Waals surface area contributed by atoms with Crippen LogP contribution in [-0.2, 0) is 16.1 Å². The number of aliphatic carboxylic acids is 1. The third kappa shape index (κ3) is 1.92. The van der Waals surface area contributed by atoms with Gasteiger partial charge in [-0.1, -0.05) is 25.1 Å². The van der Waals surface area contributed by atoms with Gasteiger partial charge in [0.25, 0.3) is 5.92 Å². The maximum atomic E-state index is 13.5. The lowest BCUT2D eigenvalue weighted by atomic mass is 9.92. The van der Waals surface area contributed by atoms with Crippen molar-refractivity contribution in [1.29, 1.82) is 0 Å². The molecule has 0 heterocycles. The lowest BCUT2D eigenvalue weighted by Gasteiger charge is -2.17. The maximum Gasteiger partial charge on any atom is 0.314 e. The predicted octanol–water partition coefficient (Wildman–Crippen LogP) is 3.30. The molecule has 1 aromatic carbocycles. The Labute approximate surface area is 98.3 Å². The van der Waals surface area contributed by atoms with Crippen molar-refractivity contribution < 1.29 is 18.7 Å². The van der Waals surface area contributed by atoms with E-state index < -0.39 is 17.3 Å². The van der Waals surface area contributed by atoms with E-state index in [1.807, 2.05) is 0 Å². The molecule has 0 radical (unpaired) electrons. The summed E-state index contributed by atoms with van der Waals surface area (Å²) in [7, 11) is 0. The number of rotatable bonds is 4. The number of hydrogen-bond acceptors (Lipinski definition) is 1. The first-order valence-electron chi connectivity index (χ1n) is 5.64. The zero-order valence-corrected chi connectivity index (χ0v) is 9.54. The standard InChI is InChI=1S/C13H14F2O2/c1-2-13(14,15)10-5-3-4-9(8-10)12(6-7-12)11(16)17/h3-5,8H,2,6-7H2,1H3,(H,16,17). The first kappa shape index (κ1) is 12.0. The number of halogens is 2. The monoisotopic (exact) mass is 240 g/mol. The highest BCUT2D eigenvalue weighted by Crippen LogP contribution is 2.49. The molecule has 0 bridgehead atoms. The van der Waals surface area contributed by atoms with Crippen molar-refractivity contribution in [2.45, 2.75) is 37.5 Å². The predicted molar refractivity (Wildman–Crippen MR) is 59.2 cm³/mol. The molecule has 1 aliphatic rings. The quantitative estimate of drug-likeness (QED) is 0.876. The highest BCUT2D eigenvalue weighted by Gasteiger charge is 2.52. The molecular formula is C13H14F2O2. The minimum absolute atomic E-state index is 0.0926. The van der Waals surface area contributed by atoms with E-state index in [0.29, 0.717) is 18.4 Å². The van der Waals surface area contributed by atoms with Crippen LogP contribution in [0, 0.1) is 0 Å². The van der Waals surface area contributed by atoms with E-state index in [4.69, 9.17) is 5.11 Å². The van der Waals surface area contributed by atoms with Crippen LogP contribution in [0.3, 0.4) is 0 Å². The Kier molecular flexibility index (Phi) is 2.68. The first-order chi connectivity index (χ1) is 7.92. The second kappa shape index (κ2) is 3.79. The van der Waals surface area contributed by atoms with Gasteiger partial charge in [0.05, 0.1) is 5.41 Å². The summed E-state index contributed by atoms with van der Waals surface area (Å²) in [6.45, 7) is 1.41. The van der Waals surface area contributed by atoms with Crippen LogP contribution in [0.4, 0.5) is 8.78 Å². The number of carboxylic acid groups (broad SMARTS) is 1. The summed E-state index contributed by atoms with van der Waals surface area (Å²) in [4.78, 5) is 11.1. The second-order valence-corrected chi connectivity index (χ2v) is 4.53. The molecule has 2 rings (SSSR count). The summed E-state index contributed by atoms with van der Waals surface area (Å²) in [5.41, 5.74) is -0.513. The molecule has 0 saturated heterocycles. The minimum Gasteiger partial charge on any atom is -0.481 e. The molecule has 1 N–H and O–H groups in total. The molecule has 0 atom stereocenters. The molecule has 1 saturated carbocycles. The summed E-state index contributed by atoms with van der Waals surface area (Å²) in [6, 6.07) is 5.82. The Hall–Kier alpha value is -1.45. The van der Waals surface area contributed by atoms with Crippen LogP contribution in [-0.4, -0.2) is 11.1 Å². The number of benzene rings is 1. The van der Waals surface area contributed by atoms with Gasteiger partial charge < -0.3 is 5.11 Å². The van der Waals surface area contributed by atoms with Crippen LogP contribution in [0.2, 0.25) is 0 Å². The van der Waals surface area contributed by atoms with Gasteiger partial charge in [-0.2, -0.15) is 0 Å². The zero-order valence-electron chi connectivity index (χ0n) is 9.54. The van der Waals surface area contributed by atoms with Gasteiger partial charge in [0.1, 0.15) is 0 Å². The SMILES string of the molecule is CCC(F)(F)c1cccc(C2(C(=O)O)CC2)c1. The van der Waals surface area contributed by atoms with E-state index in [1.165, 1.54) is 25.1 Å². The minimum atomic E-state index is -2.88. The molecule has 1 aliphatic carbocycles. The van der Waals surface area contributed by atoms with Crippen molar-refractivity contribution in [1.82, 2.24) is 0 Å². The van der Waals surface area contributed by atoms with Crippen LogP contribution < -0.4 is 0 Å². The Morgan fingerprint density at radius 3 is 2.59 bits per heavy atom. The van der Waals surface area contributed by atoms with Crippen molar-refractivity contribution in [2.75, 3.05) is 0 Å². The van der Waals surface area contributed by atoms with Crippen molar-refractivity contribution in [3.8, 4) is 0 Å². The fourth-order valence-corrected chi connectivity index (χ4v) is 2.00. The zero-order chi connectivity index (χ0) is 12.7. The fraction of sp³-hybridized carbons (Fsp3) is 0.462. The molecule has 1 aromatic rings. The average Bonchev–Trinajstić information content (AvgIpc) is 3.10. The molecule has 2 nitrogen and oxygen atoms in total. The number of alkyl halides is 2. The largest absolute Gasteiger partial charge is 0.481 e. The molecule has 0 aromatic heterocycles. The number of hydrogen-bond donors (Lipinski definition) is 1. The normalized spacial score (nSPS) is 17.8.